The summed E-state index contributed by atoms with van der Waals surface area (Å²) >= 11 is 7.17. The van der Waals surface area contributed by atoms with Crippen LogP contribution in [0.2, 0.25) is 5.02 Å². The number of thiophene rings is 1. The van der Waals surface area contributed by atoms with E-state index in [2.05, 4.69) is 9.72 Å². The van der Waals surface area contributed by atoms with E-state index in [1.54, 1.807) is 24.5 Å². The Morgan fingerprint density at radius 1 is 1.17 bits per heavy atom. The van der Waals surface area contributed by atoms with Crippen LogP contribution in [-0.2, 0) is 41.6 Å². The van der Waals surface area contributed by atoms with Gasteiger partial charge in [0, 0.05) is 35.5 Å². The van der Waals surface area contributed by atoms with Crippen molar-refractivity contribution in [3.63, 3.8) is 0 Å². The molecule has 0 saturated carbocycles. The summed E-state index contributed by atoms with van der Waals surface area (Å²) in [4.78, 5) is 43.9. The predicted molar refractivity (Wildman–Crippen MR) is 129 cm³/mol. The van der Waals surface area contributed by atoms with Gasteiger partial charge in [-0.1, -0.05) is 17.7 Å². The van der Waals surface area contributed by atoms with Crippen LogP contribution in [0.25, 0.3) is 0 Å². The number of methoxy groups -OCH3 is 2. The fourth-order valence-electron chi connectivity index (χ4n) is 3.72. The van der Waals surface area contributed by atoms with Gasteiger partial charge in [0.15, 0.2) is 0 Å². The van der Waals surface area contributed by atoms with Crippen LogP contribution >= 0.6 is 22.9 Å². The Morgan fingerprint density at radius 2 is 1.91 bits per heavy atom. The quantitative estimate of drug-likeness (QED) is 0.339. The minimum Gasteiger partial charge on any atom is -0.469 e. The molecule has 8 nitrogen and oxygen atoms in total. The third-order valence-corrected chi connectivity index (χ3v) is 6.94. The zero-order valence-corrected chi connectivity index (χ0v) is 21.0. The number of hydrogen-bond acceptors (Lipinski definition) is 8. The number of rotatable bonds is 10. The Labute approximate surface area is 211 Å². The second-order valence-electron chi connectivity index (χ2n) is 7.76. The summed E-state index contributed by atoms with van der Waals surface area (Å²) in [7, 11) is 2.72. The van der Waals surface area contributed by atoms with Gasteiger partial charge in [-0.25, -0.2) is 4.79 Å². The van der Waals surface area contributed by atoms with Crippen LogP contribution in [0.5, 0.6) is 0 Å². The van der Waals surface area contributed by atoms with Crippen LogP contribution in [0.4, 0.5) is 10.1 Å². The third kappa shape index (κ3) is 6.65. The van der Waals surface area contributed by atoms with E-state index in [1.807, 2.05) is 0 Å². The summed E-state index contributed by atoms with van der Waals surface area (Å²) in [5.74, 6) is -1.72. The van der Waals surface area contributed by atoms with Crippen LogP contribution in [-0.4, -0.2) is 50.3 Å². The molecule has 0 bridgehead atoms. The highest BCUT2D eigenvalue weighted by Crippen LogP contribution is 2.41. The lowest BCUT2D eigenvalue weighted by molar-refractivity contribution is -0.141. The van der Waals surface area contributed by atoms with E-state index >= 15 is 4.39 Å². The van der Waals surface area contributed by atoms with Crippen molar-refractivity contribution < 1.29 is 33.0 Å². The molecule has 0 atom stereocenters. The van der Waals surface area contributed by atoms with Crippen LogP contribution in [0.1, 0.15) is 36.1 Å². The first-order chi connectivity index (χ1) is 16.9. The maximum Gasteiger partial charge on any atom is 0.334 e. The molecule has 0 saturated heterocycles. The molecule has 2 heterocycles. The maximum atomic E-state index is 15.2. The molecule has 0 aromatic carbocycles. The standard InChI is InChI=1S/C24H26ClFN2O6S/c1-32-10-11-34-24(31)17-8-4-3-7-16(17)23(30)28(14-15-6-5-9-27-13-15)21-20(25)18(35-22(21)26)12-19(29)33-2/h5-6,9,13H,3-4,7-8,10-12,14H2,1-2H3. The number of anilines is 1. The van der Waals surface area contributed by atoms with Crippen molar-refractivity contribution in [3.8, 4) is 0 Å². The lowest BCUT2D eigenvalue weighted by Crippen LogP contribution is -2.34. The molecule has 188 valence electrons. The van der Waals surface area contributed by atoms with Gasteiger partial charge in [-0.2, -0.15) is 4.39 Å². The number of carbonyl (C=O) groups is 3. The minimum absolute atomic E-state index is 0.0345. The van der Waals surface area contributed by atoms with Crippen molar-refractivity contribution in [3.05, 3.63) is 56.3 Å². The Balaban J connectivity index is 2.03. The fourth-order valence-corrected chi connectivity index (χ4v) is 5.05. The highest BCUT2D eigenvalue weighted by molar-refractivity contribution is 7.11. The molecular weight excluding hydrogens is 499 g/mol. The smallest absolute Gasteiger partial charge is 0.334 e. The third-order valence-electron chi connectivity index (χ3n) is 5.46. The van der Waals surface area contributed by atoms with Gasteiger partial charge in [0.25, 0.3) is 5.91 Å². The number of carbonyl (C=O) groups excluding carboxylic acids is 3. The average molecular weight is 525 g/mol. The van der Waals surface area contributed by atoms with E-state index in [4.69, 9.17) is 21.1 Å². The SMILES string of the molecule is COCCOC(=O)C1=C(C(=O)N(Cc2cccnc2)c2c(F)sc(CC(=O)OC)c2Cl)CCCC1. The molecule has 0 spiro atoms. The highest BCUT2D eigenvalue weighted by atomic mass is 35.5. The molecule has 0 unspecified atom stereocenters. The number of aromatic nitrogens is 1. The Hall–Kier alpha value is -2.82. The lowest BCUT2D eigenvalue weighted by atomic mass is 9.90. The van der Waals surface area contributed by atoms with Gasteiger partial charge in [0.1, 0.15) is 12.3 Å². The van der Waals surface area contributed by atoms with Gasteiger partial charge in [-0.3, -0.25) is 19.5 Å². The monoisotopic (exact) mass is 524 g/mol. The molecule has 1 amide bonds. The molecule has 2 aromatic rings. The normalized spacial score (nSPS) is 13.5. The minimum atomic E-state index is -0.716. The van der Waals surface area contributed by atoms with E-state index in [0.29, 0.717) is 36.2 Å². The number of hydrogen-bond donors (Lipinski definition) is 0. The molecule has 0 aliphatic heterocycles. The van der Waals surface area contributed by atoms with Gasteiger partial charge in [0.05, 0.1) is 31.7 Å². The Morgan fingerprint density at radius 3 is 2.57 bits per heavy atom. The van der Waals surface area contributed by atoms with Crippen molar-refractivity contribution in [1.82, 2.24) is 4.98 Å². The van der Waals surface area contributed by atoms with Crippen molar-refractivity contribution in [2.75, 3.05) is 32.3 Å². The van der Waals surface area contributed by atoms with E-state index in [9.17, 15) is 14.4 Å². The lowest BCUT2D eigenvalue weighted by Gasteiger charge is -2.27. The van der Waals surface area contributed by atoms with Gasteiger partial charge in [-0.15, -0.1) is 11.3 Å². The molecule has 35 heavy (non-hydrogen) atoms. The first kappa shape index (κ1) is 26.8. The van der Waals surface area contributed by atoms with Crippen LogP contribution in [0.15, 0.2) is 35.7 Å². The van der Waals surface area contributed by atoms with Gasteiger partial charge in [-0.05, 0) is 37.3 Å². The highest BCUT2D eigenvalue weighted by Gasteiger charge is 2.33. The van der Waals surface area contributed by atoms with Crippen LogP contribution < -0.4 is 4.90 Å². The summed E-state index contributed by atoms with van der Waals surface area (Å²) in [5, 5.41) is -0.762. The van der Waals surface area contributed by atoms with Gasteiger partial charge >= 0.3 is 11.9 Å². The molecule has 1 aliphatic carbocycles. The molecular formula is C24H26ClFN2O6S. The maximum absolute atomic E-state index is 15.2. The summed E-state index contributed by atoms with van der Waals surface area (Å²) in [5.41, 5.74) is 1.03. The summed E-state index contributed by atoms with van der Waals surface area (Å²) in [6.07, 6.45) is 5.06. The largest absolute Gasteiger partial charge is 0.469 e. The molecule has 0 N–H and O–H groups in total. The van der Waals surface area contributed by atoms with E-state index < -0.39 is 23.0 Å². The molecule has 0 radical (unpaired) electrons. The van der Waals surface area contributed by atoms with Gasteiger partial charge < -0.3 is 14.2 Å². The van der Waals surface area contributed by atoms with Crippen LogP contribution in [0.3, 0.4) is 0 Å². The molecule has 3 rings (SSSR count). The number of esters is 2. The number of pyridine rings is 1. The number of ether oxygens (including phenoxy) is 3. The first-order valence-corrected chi connectivity index (χ1v) is 12.2. The Bertz CT molecular complexity index is 1100. The van der Waals surface area contributed by atoms with Crippen molar-refractivity contribution in [1.29, 1.82) is 0 Å². The summed E-state index contributed by atoms with van der Waals surface area (Å²) in [6.45, 7) is 0.253. The molecule has 11 heteroatoms. The van der Waals surface area contributed by atoms with E-state index in [1.165, 1.54) is 19.1 Å². The summed E-state index contributed by atoms with van der Waals surface area (Å²) in [6, 6.07) is 3.45. The van der Waals surface area contributed by atoms with Crippen molar-refractivity contribution >= 4 is 46.5 Å². The Kier molecular flexibility index (Phi) is 9.76. The first-order valence-electron chi connectivity index (χ1n) is 11.0. The zero-order valence-electron chi connectivity index (χ0n) is 19.5. The zero-order chi connectivity index (χ0) is 25.4. The second-order valence-corrected chi connectivity index (χ2v) is 9.19. The van der Waals surface area contributed by atoms with Crippen molar-refractivity contribution in [2.24, 2.45) is 0 Å². The molecule has 0 fully saturated rings. The number of nitrogens with zero attached hydrogens (tertiary/aromatic N) is 2. The number of amides is 1. The molecule has 2 aromatic heterocycles. The van der Waals surface area contributed by atoms with Crippen molar-refractivity contribution in [2.45, 2.75) is 38.6 Å². The predicted octanol–water partition coefficient (Wildman–Crippen LogP) is 4.24. The summed E-state index contributed by atoms with van der Waals surface area (Å²) < 4.78 is 30.1. The van der Waals surface area contributed by atoms with E-state index in [0.717, 1.165) is 6.42 Å². The van der Waals surface area contributed by atoms with Gasteiger partial charge in [0.2, 0.25) is 5.13 Å². The second kappa shape index (κ2) is 12.8. The number of halogens is 2. The van der Waals surface area contributed by atoms with Crippen LogP contribution in [0, 0.1) is 5.13 Å². The molecule has 1 aliphatic rings. The van der Waals surface area contributed by atoms with E-state index in [-0.39, 0.29) is 52.9 Å². The topological polar surface area (TPSA) is 95.0 Å². The fraction of sp³-hybridized carbons (Fsp3) is 0.417. The average Bonchev–Trinajstić information content (AvgIpc) is 3.14.